The number of amides is 2. The third-order valence-electron chi connectivity index (χ3n) is 5.36. The molecule has 1 saturated heterocycles. The van der Waals surface area contributed by atoms with Crippen LogP contribution in [0.4, 0.5) is 0 Å². The fraction of sp³-hybridized carbons (Fsp3) is 0.391. The Bertz CT molecular complexity index is 915. The third kappa shape index (κ3) is 4.69. The van der Waals surface area contributed by atoms with Crippen LogP contribution in [0.5, 0.6) is 0 Å². The predicted octanol–water partition coefficient (Wildman–Crippen LogP) is 3.32. The molecule has 1 aromatic carbocycles. The molecular formula is C23H26N2O4S. The van der Waals surface area contributed by atoms with Crippen molar-refractivity contribution in [1.82, 2.24) is 9.80 Å². The van der Waals surface area contributed by atoms with Crippen LogP contribution in [0, 0.1) is 6.92 Å². The Labute approximate surface area is 180 Å². The first kappa shape index (κ1) is 20.9. The van der Waals surface area contributed by atoms with Crippen molar-refractivity contribution in [2.24, 2.45) is 0 Å². The van der Waals surface area contributed by atoms with Gasteiger partial charge in [-0.15, -0.1) is 11.8 Å². The second-order valence-electron chi connectivity index (χ2n) is 7.51. The van der Waals surface area contributed by atoms with Crippen LogP contribution in [0.3, 0.4) is 0 Å². The predicted molar refractivity (Wildman–Crippen MR) is 117 cm³/mol. The number of morpholine rings is 1. The standard InChI is InChI=1S/C23H26N2O4S/c1-17-5-7-18(8-6-17)20-21(30-16-19-4-2-13-29-19)23(27)25(22(20)26)10-3-9-24-11-14-28-15-12-24/h2,4-8,13H,3,9-12,14-16H2,1H3. The minimum atomic E-state index is -0.201. The van der Waals surface area contributed by atoms with E-state index >= 15 is 0 Å². The summed E-state index contributed by atoms with van der Waals surface area (Å²) in [4.78, 5) is 30.6. The summed E-state index contributed by atoms with van der Waals surface area (Å²) in [5.74, 6) is 0.891. The van der Waals surface area contributed by atoms with Gasteiger partial charge in [-0.1, -0.05) is 29.8 Å². The minimum absolute atomic E-state index is 0.200. The molecule has 1 fully saturated rings. The van der Waals surface area contributed by atoms with Gasteiger partial charge in [0.15, 0.2) is 0 Å². The Morgan fingerprint density at radius 2 is 1.77 bits per heavy atom. The van der Waals surface area contributed by atoms with Crippen LogP contribution >= 0.6 is 11.8 Å². The van der Waals surface area contributed by atoms with Gasteiger partial charge in [-0.25, -0.2) is 0 Å². The number of furan rings is 1. The zero-order valence-electron chi connectivity index (χ0n) is 17.1. The van der Waals surface area contributed by atoms with Crippen LogP contribution in [0.2, 0.25) is 0 Å². The highest BCUT2D eigenvalue weighted by molar-refractivity contribution is 8.03. The maximum absolute atomic E-state index is 13.2. The quantitative estimate of drug-likeness (QED) is 0.604. The molecule has 2 aliphatic rings. The van der Waals surface area contributed by atoms with E-state index in [1.165, 1.54) is 16.7 Å². The van der Waals surface area contributed by atoms with E-state index in [0.717, 1.165) is 56.2 Å². The number of aryl methyl sites for hydroxylation is 1. The van der Waals surface area contributed by atoms with Crippen LogP contribution < -0.4 is 0 Å². The Morgan fingerprint density at radius 1 is 1.00 bits per heavy atom. The lowest BCUT2D eigenvalue weighted by Gasteiger charge is -2.27. The maximum Gasteiger partial charge on any atom is 0.267 e. The van der Waals surface area contributed by atoms with Gasteiger partial charge >= 0.3 is 0 Å². The van der Waals surface area contributed by atoms with Crippen molar-refractivity contribution >= 4 is 29.1 Å². The van der Waals surface area contributed by atoms with Crippen molar-refractivity contribution in [3.8, 4) is 0 Å². The zero-order valence-corrected chi connectivity index (χ0v) is 18.0. The number of benzene rings is 1. The molecule has 7 heteroatoms. The number of carbonyl (C=O) groups excluding carboxylic acids is 2. The molecule has 0 spiro atoms. The van der Waals surface area contributed by atoms with Gasteiger partial charge in [-0.3, -0.25) is 19.4 Å². The van der Waals surface area contributed by atoms with Crippen molar-refractivity contribution in [3.63, 3.8) is 0 Å². The van der Waals surface area contributed by atoms with Crippen LogP contribution in [0.15, 0.2) is 52.0 Å². The molecule has 0 N–H and O–H groups in total. The Balaban J connectivity index is 1.49. The van der Waals surface area contributed by atoms with E-state index in [9.17, 15) is 9.59 Å². The summed E-state index contributed by atoms with van der Waals surface area (Å²) >= 11 is 1.37. The highest BCUT2D eigenvalue weighted by atomic mass is 32.2. The summed E-state index contributed by atoms with van der Waals surface area (Å²) < 4.78 is 10.8. The molecule has 158 valence electrons. The van der Waals surface area contributed by atoms with E-state index in [1.807, 2.05) is 43.3 Å². The molecule has 1 aromatic heterocycles. The average molecular weight is 427 g/mol. The highest BCUT2D eigenvalue weighted by Crippen LogP contribution is 2.37. The van der Waals surface area contributed by atoms with E-state index < -0.39 is 0 Å². The number of thioether (sulfide) groups is 1. The molecule has 2 amide bonds. The molecule has 6 nitrogen and oxygen atoms in total. The van der Waals surface area contributed by atoms with Gasteiger partial charge in [-0.05, 0) is 31.0 Å². The van der Waals surface area contributed by atoms with E-state index in [4.69, 9.17) is 9.15 Å². The van der Waals surface area contributed by atoms with Crippen molar-refractivity contribution in [3.05, 3.63) is 64.5 Å². The van der Waals surface area contributed by atoms with Gasteiger partial charge in [0.05, 0.1) is 35.7 Å². The van der Waals surface area contributed by atoms with E-state index in [0.29, 0.717) is 22.8 Å². The van der Waals surface area contributed by atoms with E-state index in [2.05, 4.69) is 4.90 Å². The van der Waals surface area contributed by atoms with Crippen LogP contribution in [0.25, 0.3) is 5.57 Å². The van der Waals surface area contributed by atoms with Crippen molar-refractivity contribution in [1.29, 1.82) is 0 Å². The molecule has 4 rings (SSSR count). The van der Waals surface area contributed by atoms with Gasteiger partial charge in [0, 0.05) is 26.2 Å². The summed E-state index contributed by atoms with van der Waals surface area (Å²) in [5, 5.41) is 0. The summed E-state index contributed by atoms with van der Waals surface area (Å²) in [6.07, 6.45) is 2.37. The molecule has 0 bridgehead atoms. The number of hydrogen-bond donors (Lipinski definition) is 0. The lowest BCUT2D eigenvalue weighted by molar-refractivity contribution is -0.136. The zero-order chi connectivity index (χ0) is 20.9. The molecule has 0 atom stereocenters. The number of ether oxygens (including phenoxy) is 1. The number of imide groups is 1. The lowest BCUT2D eigenvalue weighted by atomic mass is 10.0. The fourth-order valence-electron chi connectivity index (χ4n) is 3.68. The van der Waals surface area contributed by atoms with Crippen molar-refractivity contribution in [2.45, 2.75) is 19.1 Å². The lowest BCUT2D eigenvalue weighted by Crippen LogP contribution is -2.39. The third-order valence-corrected chi connectivity index (χ3v) is 6.46. The SMILES string of the molecule is Cc1ccc(C2=C(SCc3ccco3)C(=O)N(CCCN3CCOCC3)C2=O)cc1. The molecule has 0 aliphatic carbocycles. The number of hydrogen-bond acceptors (Lipinski definition) is 6. The molecule has 30 heavy (non-hydrogen) atoms. The molecule has 0 radical (unpaired) electrons. The summed E-state index contributed by atoms with van der Waals surface area (Å²) in [6.45, 7) is 6.58. The average Bonchev–Trinajstić information content (AvgIpc) is 3.36. The fourth-order valence-corrected chi connectivity index (χ4v) is 4.71. The first-order valence-corrected chi connectivity index (χ1v) is 11.2. The number of nitrogens with zero attached hydrogens (tertiary/aromatic N) is 2. The van der Waals surface area contributed by atoms with Crippen LogP contribution in [-0.2, 0) is 20.1 Å². The second kappa shape index (κ2) is 9.64. The maximum atomic E-state index is 13.2. The Morgan fingerprint density at radius 3 is 2.47 bits per heavy atom. The molecule has 0 saturated carbocycles. The molecule has 0 unspecified atom stereocenters. The minimum Gasteiger partial charge on any atom is -0.468 e. The number of rotatable bonds is 8. The largest absolute Gasteiger partial charge is 0.468 e. The Hall–Kier alpha value is -2.35. The summed E-state index contributed by atoms with van der Waals surface area (Å²) in [6, 6.07) is 11.5. The molecule has 3 heterocycles. The van der Waals surface area contributed by atoms with Gasteiger partial charge in [-0.2, -0.15) is 0 Å². The monoisotopic (exact) mass is 426 g/mol. The van der Waals surface area contributed by atoms with E-state index in [-0.39, 0.29) is 11.8 Å². The van der Waals surface area contributed by atoms with E-state index in [1.54, 1.807) is 6.26 Å². The summed E-state index contributed by atoms with van der Waals surface area (Å²) in [5.41, 5.74) is 2.41. The first-order chi connectivity index (χ1) is 14.6. The molecule has 2 aromatic rings. The summed E-state index contributed by atoms with van der Waals surface area (Å²) in [7, 11) is 0. The topological polar surface area (TPSA) is 63.0 Å². The van der Waals surface area contributed by atoms with Gasteiger partial charge < -0.3 is 9.15 Å². The second-order valence-corrected chi connectivity index (χ2v) is 8.49. The van der Waals surface area contributed by atoms with Gasteiger partial charge in [0.25, 0.3) is 11.8 Å². The van der Waals surface area contributed by atoms with Crippen LogP contribution in [0.1, 0.15) is 23.3 Å². The van der Waals surface area contributed by atoms with Gasteiger partial charge in [0.2, 0.25) is 0 Å². The molecule has 2 aliphatic heterocycles. The molecular weight excluding hydrogens is 400 g/mol. The van der Waals surface area contributed by atoms with Crippen LogP contribution in [-0.4, -0.2) is 61.0 Å². The van der Waals surface area contributed by atoms with Crippen molar-refractivity contribution in [2.75, 3.05) is 39.4 Å². The highest BCUT2D eigenvalue weighted by Gasteiger charge is 2.38. The Kier molecular flexibility index (Phi) is 6.72. The van der Waals surface area contributed by atoms with Crippen molar-refractivity contribution < 1.29 is 18.7 Å². The number of carbonyl (C=O) groups is 2. The normalized spacial score (nSPS) is 18.0. The smallest absolute Gasteiger partial charge is 0.267 e. The first-order valence-electron chi connectivity index (χ1n) is 10.3. The van der Waals surface area contributed by atoms with Gasteiger partial charge in [0.1, 0.15) is 5.76 Å².